The van der Waals surface area contributed by atoms with Gasteiger partial charge in [-0.15, -0.1) is 0 Å². The number of halogens is 1. The molecule has 2 aliphatic heterocycles. The molecule has 180 valence electrons. The molecule has 2 saturated heterocycles. The van der Waals surface area contributed by atoms with Crippen LogP contribution in [-0.4, -0.2) is 54.6 Å². The molecular formula is C26H34FN7. The van der Waals surface area contributed by atoms with E-state index in [2.05, 4.69) is 26.6 Å². The van der Waals surface area contributed by atoms with Crippen LogP contribution in [0.2, 0.25) is 0 Å². The molecule has 5 rings (SSSR count). The summed E-state index contributed by atoms with van der Waals surface area (Å²) < 4.78 is 14.8. The van der Waals surface area contributed by atoms with Gasteiger partial charge in [0.25, 0.3) is 0 Å². The van der Waals surface area contributed by atoms with Crippen molar-refractivity contribution in [3.05, 3.63) is 35.3 Å². The zero-order valence-electron chi connectivity index (χ0n) is 20.1. The van der Waals surface area contributed by atoms with E-state index in [9.17, 15) is 9.65 Å². The van der Waals surface area contributed by atoms with Gasteiger partial charge in [-0.1, -0.05) is 6.42 Å². The van der Waals surface area contributed by atoms with Gasteiger partial charge in [-0.05, 0) is 81.1 Å². The molecule has 3 aliphatic rings. The van der Waals surface area contributed by atoms with Gasteiger partial charge < -0.3 is 20.4 Å². The number of nitriles is 1. The predicted octanol–water partition coefficient (Wildman–Crippen LogP) is 4.85. The van der Waals surface area contributed by atoms with Crippen molar-refractivity contribution in [2.24, 2.45) is 5.92 Å². The van der Waals surface area contributed by atoms with Crippen molar-refractivity contribution in [1.29, 1.82) is 5.26 Å². The van der Waals surface area contributed by atoms with Crippen LogP contribution in [0.3, 0.4) is 0 Å². The summed E-state index contributed by atoms with van der Waals surface area (Å²) in [5, 5.41) is 16.1. The maximum absolute atomic E-state index is 14.8. The maximum Gasteiger partial charge on any atom is 0.229 e. The molecule has 2 unspecified atom stereocenters. The quantitative estimate of drug-likeness (QED) is 0.607. The lowest BCUT2D eigenvalue weighted by Crippen LogP contribution is -2.49. The summed E-state index contributed by atoms with van der Waals surface area (Å²) in [6.45, 7) is 3.31. The lowest BCUT2D eigenvalue weighted by molar-refractivity contribution is 0.0649. The summed E-state index contributed by atoms with van der Waals surface area (Å²) in [6, 6.07) is 5.94. The number of hydrogen-bond donors (Lipinski definition) is 2. The molecule has 2 atom stereocenters. The minimum Gasteiger partial charge on any atom is -0.373 e. The molecule has 0 bridgehead atoms. The fourth-order valence-electron chi connectivity index (χ4n) is 5.57. The maximum atomic E-state index is 14.8. The number of fused-ring (bicyclic) bond motifs is 1. The van der Waals surface area contributed by atoms with Crippen LogP contribution in [0, 0.1) is 23.1 Å². The monoisotopic (exact) mass is 463 g/mol. The molecule has 2 aromatic rings. The number of rotatable bonds is 7. The number of piperidine rings is 2. The summed E-state index contributed by atoms with van der Waals surface area (Å²) >= 11 is 0. The van der Waals surface area contributed by atoms with Crippen molar-refractivity contribution in [2.75, 3.05) is 49.3 Å². The Hall–Kier alpha value is -2.92. The minimum atomic E-state index is -0.379. The van der Waals surface area contributed by atoms with Gasteiger partial charge in [-0.2, -0.15) is 10.2 Å². The van der Waals surface area contributed by atoms with Crippen LogP contribution < -0.4 is 15.5 Å². The van der Waals surface area contributed by atoms with Crippen molar-refractivity contribution < 1.29 is 4.39 Å². The summed E-state index contributed by atoms with van der Waals surface area (Å²) in [7, 11) is 3.94. The minimum absolute atomic E-state index is 0.231. The van der Waals surface area contributed by atoms with E-state index in [-0.39, 0.29) is 11.5 Å². The van der Waals surface area contributed by atoms with Gasteiger partial charge in [0, 0.05) is 26.7 Å². The summed E-state index contributed by atoms with van der Waals surface area (Å²) in [5.74, 6) is 1.59. The highest BCUT2D eigenvalue weighted by Gasteiger charge is 2.33. The molecule has 0 spiro atoms. The topological polar surface area (TPSA) is 80.1 Å². The highest BCUT2D eigenvalue weighted by molar-refractivity contribution is 5.68. The lowest BCUT2D eigenvalue weighted by Gasteiger charge is -2.44. The summed E-state index contributed by atoms with van der Waals surface area (Å²) in [5.41, 5.74) is 2.45. The van der Waals surface area contributed by atoms with E-state index in [0.717, 1.165) is 36.5 Å². The van der Waals surface area contributed by atoms with Crippen molar-refractivity contribution in [3.63, 3.8) is 0 Å². The van der Waals surface area contributed by atoms with Crippen LogP contribution in [-0.2, 0) is 0 Å². The number of aromatic nitrogens is 2. The fourth-order valence-corrected chi connectivity index (χ4v) is 5.57. The molecule has 1 aromatic heterocycles. The Balaban J connectivity index is 1.34. The third kappa shape index (κ3) is 4.80. The molecule has 1 aromatic carbocycles. The first-order valence-corrected chi connectivity index (χ1v) is 12.6. The van der Waals surface area contributed by atoms with Gasteiger partial charge in [0.05, 0.1) is 29.2 Å². The first-order chi connectivity index (χ1) is 16.5. The molecule has 3 fully saturated rings. The van der Waals surface area contributed by atoms with E-state index in [4.69, 9.17) is 4.98 Å². The molecular weight excluding hydrogens is 429 g/mol. The highest BCUT2D eigenvalue weighted by atomic mass is 19.1. The largest absolute Gasteiger partial charge is 0.373 e. The Kier molecular flexibility index (Phi) is 6.55. The highest BCUT2D eigenvalue weighted by Crippen LogP contribution is 2.43. The van der Waals surface area contributed by atoms with Crippen LogP contribution in [0.25, 0.3) is 0 Å². The Morgan fingerprint density at radius 3 is 2.74 bits per heavy atom. The lowest BCUT2D eigenvalue weighted by atomic mass is 9.83. The first-order valence-electron chi connectivity index (χ1n) is 12.6. The first kappa shape index (κ1) is 22.9. The smallest absolute Gasteiger partial charge is 0.229 e. The van der Waals surface area contributed by atoms with Crippen LogP contribution in [0.15, 0.2) is 18.3 Å². The fraction of sp³-hybridized carbons (Fsp3) is 0.577. The third-order valence-electron chi connectivity index (χ3n) is 7.53. The molecule has 7 nitrogen and oxygen atoms in total. The Morgan fingerprint density at radius 2 is 1.97 bits per heavy atom. The molecule has 1 aliphatic carbocycles. The molecule has 8 heteroatoms. The molecule has 2 N–H and O–H groups in total. The van der Waals surface area contributed by atoms with Crippen molar-refractivity contribution >= 4 is 23.1 Å². The number of nitrogens with zero attached hydrogens (tertiary/aromatic N) is 5. The standard InChI is InChI=1S/C26H34FN7/c1-33(2)24-16-30-26(31-22-12-19(14-28)20(13-21(22)27)17-8-9-17)32-25(24)29-15-18-6-5-11-34-10-4-3-7-23(18)34/h12-13,16-18,23H,3-11,15H2,1-2H3,(H2,29,30,31,32). The molecule has 34 heavy (non-hydrogen) atoms. The molecule has 0 amide bonds. The molecule has 3 heterocycles. The van der Waals surface area contributed by atoms with Gasteiger partial charge in [0.15, 0.2) is 5.82 Å². The van der Waals surface area contributed by atoms with Crippen molar-refractivity contribution in [2.45, 2.75) is 56.9 Å². The number of benzene rings is 1. The molecule has 1 saturated carbocycles. The van der Waals surface area contributed by atoms with Gasteiger partial charge in [-0.25, -0.2) is 9.37 Å². The van der Waals surface area contributed by atoms with E-state index in [1.54, 1.807) is 12.3 Å². The van der Waals surface area contributed by atoms with Gasteiger partial charge in [-0.3, -0.25) is 0 Å². The zero-order chi connectivity index (χ0) is 23.7. The van der Waals surface area contributed by atoms with Crippen LogP contribution >= 0.6 is 0 Å². The van der Waals surface area contributed by atoms with E-state index in [0.29, 0.717) is 29.4 Å². The number of anilines is 4. The van der Waals surface area contributed by atoms with Gasteiger partial charge in [0.2, 0.25) is 5.95 Å². The predicted molar refractivity (Wildman–Crippen MR) is 133 cm³/mol. The number of hydrogen-bond acceptors (Lipinski definition) is 7. The normalized spacial score (nSPS) is 22.5. The zero-order valence-corrected chi connectivity index (χ0v) is 20.1. The second-order valence-electron chi connectivity index (χ2n) is 10.1. The van der Waals surface area contributed by atoms with Gasteiger partial charge >= 0.3 is 0 Å². The number of nitrogens with one attached hydrogen (secondary N) is 2. The second kappa shape index (κ2) is 9.75. The average Bonchev–Trinajstić information content (AvgIpc) is 3.69. The summed E-state index contributed by atoms with van der Waals surface area (Å²) in [4.78, 5) is 13.8. The van der Waals surface area contributed by atoms with E-state index < -0.39 is 0 Å². The van der Waals surface area contributed by atoms with E-state index >= 15 is 0 Å². The van der Waals surface area contributed by atoms with Gasteiger partial charge in [0.1, 0.15) is 5.82 Å². The van der Waals surface area contributed by atoms with E-state index in [1.165, 1.54) is 51.3 Å². The van der Waals surface area contributed by atoms with E-state index in [1.807, 2.05) is 19.0 Å². The Bertz CT molecular complexity index is 1070. The van der Waals surface area contributed by atoms with Crippen molar-refractivity contribution in [3.8, 4) is 6.07 Å². The summed E-state index contributed by atoms with van der Waals surface area (Å²) in [6.07, 6.45) is 10.2. The van der Waals surface area contributed by atoms with Crippen LogP contribution in [0.1, 0.15) is 62.0 Å². The van der Waals surface area contributed by atoms with Crippen molar-refractivity contribution in [1.82, 2.24) is 14.9 Å². The third-order valence-corrected chi connectivity index (χ3v) is 7.53. The van der Waals surface area contributed by atoms with Crippen LogP contribution in [0.4, 0.5) is 27.5 Å². The Labute approximate surface area is 201 Å². The SMILES string of the molecule is CN(C)c1cnc(Nc2cc(C#N)c(C3CC3)cc2F)nc1NCC1CCCN2CCCCC12. The second-order valence-corrected chi connectivity index (χ2v) is 10.1. The van der Waals surface area contributed by atoms with Crippen LogP contribution in [0.5, 0.6) is 0 Å². The Morgan fingerprint density at radius 1 is 1.15 bits per heavy atom. The average molecular weight is 464 g/mol. The molecule has 0 radical (unpaired) electrons.